The molecule has 134 valence electrons. The highest BCUT2D eigenvalue weighted by atomic mass is 19.1. The molecule has 3 rings (SSSR count). The molecule has 5 heteroatoms. The van der Waals surface area contributed by atoms with E-state index in [9.17, 15) is 9.18 Å². The van der Waals surface area contributed by atoms with E-state index < -0.39 is 0 Å². The molecule has 0 fully saturated rings. The van der Waals surface area contributed by atoms with E-state index in [1.165, 1.54) is 12.1 Å². The highest BCUT2D eigenvalue weighted by Gasteiger charge is 2.24. The number of aryl methyl sites for hydroxylation is 1. The Kier molecular flexibility index (Phi) is 5.16. The first kappa shape index (κ1) is 17.9. The van der Waals surface area contributed by atoms with Crippen LogP contribution in [-0.4, -0.2) is 15.7 Å². The van der Waals surface area contributed by atoms with Crippen molar-refractivity contribution in [3.05, 3.63) is 82.9 Å². The monoisotopic (exact) mass is 351 g/mol. The van der Waals surface area contributed by atoms with Crippen LogP contribution < -0.4 is 5.32 Å². The highest BCUT2D eigenvalue weighted by Crippen LogP contribution is 2.29. The summed E-state index contributed by atoms with van der Waals surface area (Å²) in [5.41, 5.74) is 4.49. The fourth-order valence-corrected chi connectivity index (χ4v) is 3.13. The summed E-state index contributed by atoms with van der Waals surface area (Å²) in [6.45, 7) is 5.72. The second-order valence-corrected chi connectivity index (χ2v) is 6.24. The Morgan fingerprint density at radius 1 is 1.12 bits per heavy atom. The lowest BCUT2D eigenvalue weighted by atomic mass is 9.96. The van der Waals surface area contributed by atoms with E-state index in [2.05, 4.69) is 10.4 Å². The molecule has 0 bridgehead atoms. The SMILES string of the molecule is CCC(=O)NC(c1ccc(F)cc1)c1c(C)nn(-c2ccccc2)c1C. The highest BCUT2D eigenvalue weighted by molar-refractivity contribution is 5.76. The average molecular weight is 351 g/mol. The third-order valence-electron chi connectivity index (χ3n) is 4.47. The zero-order valence-electron chi connectivity index (χ0n) is 15.2. The van der Waals surface area contributed by atoms with Gasteiger partial charge in [-0.15, -0.1) is 0 Å². The molecule has 1 heterocycles. The van der Waals surface area contributed by atoms with Gasteiger partial charge in [0.05, 0.1) is 17.4 Å². The van der Waals surface area contributed by atoms with Crippen LogP contribution >= 0.6 is 0 Å². The molecule has 1 N–H and O–H groups in total. The largest absolute Gasteiger partial charge is 0.345 e. The lowest BCUT2D eigenvalue weighted by Gasteiger charge is -2.20. The quantitative estimate of drug-likeness (QED) is 0.747. The first-order valence-corrected chi connectivity index (χ1v) is 8.67. The maximum Gasteiger partial charge on any atom is 0.220 e. The van der Waals surface area contributed by atoms with Gasteiger partial charge in [0.25, 0.3) is 0 Å². The van der Waals surface area contributed by atoms with Crippen LogP contribution in [0.3, 0.4) is 0 Å². The van der Waals surface area contributed by atoms with Gasteiger partial charge in [-0.3, -0.25) is 4.79 Å². The van der Waals surface area contributed by atoms with Crippen molar-refractivity contribution in [1.29, 1.82) is 0 Å². The van der Waals surface area contributed by atoms with Crippen LogP contribution in [-0.2, 0) is 4.79 Å². The van der Waals surface area contributed by atoms with Crippen molar-refractivity contribution in [2.24, 2.45) is 0 Å². The minimum Gasteiger partial charge on any atom is -0.345 e. The Morgan fingerprint density at radius 3 is 2.38 bits per heavy atom. The summed E-state index contributed by atoms with van der Waals surface area (Å²) >= 11 is 0. The van der Waals surface area contributed by atoms with Gasteiger partial charge in [-0.25, -0.2) is 9.07 Å². The number of nitrogens with one attached hydrogen (secondary N) is 1. The fourth-order valence-electron chi connectivity index (χ4n) is 3.13. The van der Waals surface area contributed by atoms with Crippen LogP contribution in [0.4, 0.5) is 4.39 Å². The minimum absolute atomic E-state index is 0.0643. The molecule has 0 radical (unpaired) electrons. The number of rotatable bonds is 5. The summed E-state index contributed by atoms with van der Waals surface area (Å²) in [5.74, 6) is -0.367. The van der Waals surface area contributed by atoms with E-state index in [0.717, 1.165) is 28.2 Å². The number of hydrogen-bond acceptors (Lipinski definition) is 2. The number of hydrogen-bond donors (Lipinski definition) is 1. The van der Waals surface area contributed by atoms with Gasteiger partial charge in [0.2, 0.25) is 5.91 Å². The van der Waals surface area contributed by atoms with Gasteiger partial charge < -0.3 is 5.32 Å². The molecule has 0 aliphatic rings. The summed E-state index contributed by atoms with van der Waals surface area (Å²) in [7, 11) is 0. The minimum atomic E-state index is -0.375. The molecule has 2 aromatic carbocycles. The predicted molar refractivity (Wildman–Crippen MR) is 99.7 cm³/mol. The number of carbonyl (C=O) groups is 1. The fraction of sp³-hybridized carbons (Fsp3) is 0.238. The van der Waals surface area contributed by atoms with E-state index in [0.29, 0.717) is 6.42 Å². The van der Waals surface area contributed by atoms with Crippen LogP contribution in [0, 0.1) is 19.7 Å². The van der Waals surface area contributed by atoms with Gasteiger partial charge in [0, 0.05) is 17.7 Å². The normalized spacial score (nSPS) is 12.0. The summed E-state index contributed by atoms with van der Waals surface area (Å²) in [5, 5.41) is 7.72. The molecule has 0 spiro atoms. The first-order chi connectivity index (χ1) is 12.5. The molecule has 1 atom stereocenters. The number of halogens is 1. The van der Waals surface area contributed by atoms with Gasteiger partial charge in [0.1, 0.15) is 5.82 Å². The van der Waals surface area contributed by atoms with E-state index in [1.54, 1.807) is 12.1 Å². The third-order valence-corrected chi connectivity index (χ3v) is 4.47. The lowest BCUT2D eigenvalue weighted by molar-refractivity contribution is -0.121. The third kappa shape index (κ3) is 3.52. The Hall–Kier alpha value is -2.95. The Bertz CT molecular complexity index is 901. The molecular weight excluding hydrogens is 329 g/mol. The number of aromatic nitrogens is 2. The number of carbonyl (C=O) groups excluding carboxylic acids is 1. The molecule has 1 amide bonds. The van der Waals surface area contributed by atoms with E-state index >= 15 is 0 Å². The smallest absolute Gasteiger partial charge is 0.220 e. The van der Waals surface area contributed by atoms with Crippen molar-refractivity contribution >= 4 is 5.91 Å². The van der Waals surface area contributed by atoms with Crippen LogP contribution in [0.1, 0.15) is 41.9 Å². The van der Waals surface area contributed by atoms with E-state index in [-0.39, 0.29) is 17.8 Å². The first-order valence-electron chi connectivity index (χ1n) is 8.67. The predicted octanol–water partition coefficient (Wildman–Crippen LogP) is 4.24. The van der Waals surface area contributed by atoms with Crippen molar-refractivity contribution in [2.75, 3.05) is 0 Å². The van der Waals surface area contributed by atoms with Crippen LogP contribution in [0.15, 0.2) is 54.6 Å². The molecule has 0 aliphatic heterocycles. The Labute approximate surface area is 152 Å². The van der Waals surface area contributed by atoms with Crippen LogP contribution in [0.25, 0.3) is 5.69 Å². The number of para-hydroxylation sites is 1. The number of benzene rings is 2. The van der Waals surface area contributed by atoms with Crippen molar-refractivity contribution in [3.63, 3.8) is 0 Å². The standard InChI is InChI=1S/C21H22FN3O/c1-4-19(26)23-21(16-10-12-17(22)13-11-16)20-14(2)24-25(15(20)3)18-8-6-5-7-9-18/h5-13,21H,4H2,1-3H3,(H,23,26). The van der Waals surface area contributed by atoms with Crippen molar-refractivity contribution < 1.29 is 9.18 Å². The van der Waals surface area contributed by atoms with Crippen LogP contribution in [0.5, 0.6) is 0 Å². The second kappa shape index (κ2) is 7.52. The number of amides is 1. The van der Waals surface area contributed by atoms with Gasteiger partial charge >= 0.3 is 0 Å². The topological polar surface area (TPSA) is 46.9 Å². The zero-order chi connectivity index (χ0) is 18.7. The van der Waals surface area contributed by atoms with Crippen molar-refractivity contribution in [2.45, 2.75) is 33.2 Å². The molecule has 0 aliphatic carbocycles. The van der Waals surface area contributed by atoms with E-state index in [1.807, 2.05) is 55.8 Å². The number of nitrogens with zero attached hydrogens (tertiary/aromatic N) is 2. The summed E-state index contributed by atoms with van der Waals surface area (Å²) in [6, 6.07) is 15.7. The lowest BCUT2D eigenvalue weighted by Crippen LogP contribution is -2.29. The zero-order valence-corrected chi connectivity index (χ0v) is 15.2. The van der Waals surface area contributed by atoms with Crippen molar-refractivity contribution in [1.82, 2.24) is 15.1 Å². The summed E-state index contributed by atoms with van der Waals surface area (Å²) in [4.78, 5) is 12.1. The van der Waals surface area contributed by atoms with E-state index in [4.69, 9.17) is 0 Å². The maximum absolute atomic E-state index is 13.4. The molecule has 3 aromatic rings. The molecule has 26 heavy (non-hydrogen) atoms. The van der Waals surface area contributed by atoms with Gasteiger partial charge in [0.15, 0.2) is 0 Å². The Morgan fingerprint density at radius 2 is 1.77 bits per heavy atom. The molecule has 0 saturated carbocycles. The molecule has 4 nitrogen and oxygen atoms in total. The molecule has 1 unspecified atom stereocenters. The average Bonchev–Trinajstić information content (AvgIpc) is 2.95. The molecule has 0 saturated heterocycles. The summed E-state index contributed by atoms with van der Waals surface area (Å²) < 4.78 is 15.2. The maximum atomic E-state index is 13.4. The summed E-state index contributed by atoms with van der Waals surface area (Å²) in [6.07, 6.45) is 0.378. The van der Waals surface area contributed by atoms with Gasteiger partial charge in [-0.05, 0) is 43.7 Å². The van der Waals surface area contributed by atoms with Crippen molar-refractivity contribution in [3.8, 4) is 5.69 Å². The van der Waals surface area contributed by atoms with Crippen LogP contribution in [0.2, 0.25) is 0 Å². The second-order valence-electron chi connectivity index (χ2n) is 6.24. The Balaban J connectivity index is 2.10. The molecule has 1 aromatic heterocycles. The van der Waals surface area contributed by atoms with Gasteiger partial charge in [-0.2, -0.15) is 5.10 Å². The molecular formula is C21H22FN3O. The van der Waals surface area contributed by atoms with Gasteiger partial charge in [-0.1, -0.05) is 37.3 Å².